The Kier molecular flexibility index (Phi) is 4.48. The SMILES string of the molecule is CCOC(=O)c1ccc(N2C(=O)c3ccccc3N[C@@]23C(=O)Nc2ccc(C)cc23)cc1. The number of para-hydroxylation sites is 1. The fraction of sp³-hybridized carbons (Fsp3) is 0.160. The van der Waals surface area contributed by atoms with Crippen LogP contribution in [0.1, 0.15) is 38.8 Å². The predicted octanol–water partition coefficient (Wildman–Crippen LogP) is 4.05. The number of fused-ring (bicyclic) bond motifs is 3. The Hall–Kier alpha value is -4.13. The maximum atomic E-state index is 13.8. The molecule has 0 saturated carbocycles. The lowest BCUT2D eigenvalue weighted by Crippen LogP contribution is -2.61. The highest BCUT2D eigenvalue weighted by molar-refractivity contribution is 6.22. The van der Waals surface area contributed by atoms with Gasteiger partial charge in [0, 0.05) is 22.6 Å². The highest BCUT2D eigenvalue weighted by Crippen LogP contribution is 2.47. The molecule has 7 nitrogen and oxygen atoms in total. The zero-order valence-corrected chi connectivity index (χ0v) is 17.6. The average molecular weight is 427 g/mol. The van der Waals surface area contributed by atoms with Crippen LogP contribution in [0.2, 0.25) is 0 Å². The molecule has 0 fully saturated rings. The zero-order valence-electron chi connectivity index (χ0n) is 17.6. The quantitative estimate of drug-likeness (QED) is 0.616. The van der Waals surface area contributed by atoms with Crippen LogP contribution in [0.25, 0.3) is 0 Å². The van der Waals surface area contributed by atoms with Crippen LogP contribution < -0.4 is 15.5 Å². The molecule has 1 atom stereocenters. The predicted molar refractivity (Wildman–Crippen MR) is 121 cm³/mol. The van der Waals surface area contributed by atoms with Crippen molar-refractivity contribution in [1.82, 2.24) is 0 Å². The lowest BCUT2D eigenvalue weighted by atomic mass is 9.91. The number of carbonyl (C=O) groups excluding carboxylic acids is 3. The highest BCUT2D eigenvalue weighted by Gasteiger charge is 2.57. The van der Waals surface area contributed by atoms with E-state index < -0.39 is 11.6 Å². The van der Waals surface area contributed by atoms with Crippen molar-refractivity contribution in [1.29, 1.82) is 0 Å². The van der Waals surface area contributed by atoms with Crippen LogP contribution in [0, 0.1) is 6.92 Å². The van der Waals surface area contributed by atoms with Crippen LogP contribution in [-0.4, -0.2) is 24.4 Å². The summed E-state index contributed by atoms with van der Waals surface area (Å²) in [4.78, 5) is 40.8. The Morgan fingerprint density at radius 1 is 1.00 bits per heavy atom. The monoisotopic (exact) mass is 427 g/mol. The third kappa shape index (κ3) is 2.78. The van der Waals surface area contributed by atoms with Crippen molar-refractivity contribution in [3.05, 3.63) is 89.0 Å². The number of esters is 1. The van der Waals surface area contributed by atoms with Crippen LogP contribution in [0.3, 0.4) is 0 Å². The first-order valence-electron chi connectivity index (χ1n) is 10.4. The summed E-state index contributed by atoms with van der Waals surface area (Å²) in [6.45, 7) is 3.95. The van der Waals surface area contributed by atoms with Crippen molar-refractivity contribution >= 4 is 34.8 Å². The van der Waals surface area contributed by atoms with Crippen molar-refractivity contribution in [3.8, 4) is 0 Å². The first-order chi connectivity index (χ1) is 15.5. The van der Waals surface area contributed by atoms with Gasteiger partial charge in [-0.05, 0) is 62.4 Å². The van der Waals surface area contributed by atoms with Gasteiger partial charge in [-0.3, -0.25) is 14.5 Å². The topological polar surface area (TPSA) is 87.7 Å². The van der Waals surface area contributed by atoms with Crippen LogP contribution >= 0.6 is 0 Å². The number of amides is 2. The van der Waals surface area contributed by atoms with Gasteiger partial charge in [0.05, 0.1) is 17.7 Å². The minimum Gasteiger partial charge on any atom is -0.462 e. The van der Waals surface area contributed by atoms with Gasteiger partial charge in [-0.2, -0.15) is 0 Å². The van der Waals surface area contributed by atoms with E-state index in [4.69, 9.17) is 4.74 Å². The normalized spacial score (nSPS) is 18.6. The second kappa shape index (κ2) is 7.23. The number of ether oxygens (including phenoxy) is 1. The second-order valence-corrected chi connectivity index (χ2v) is 7.79. The van der Waals surface area contributed by atoms with E-state index in [9.17, 15) is 14.4 Å². The zero-order chi connectivity index (χ0) is 22.5. The molecule has 2 N–H and O–H groups in total. The Morgan fingerprint density at radius 2 is 1.75 bits per heavy atom. The van der Waals surface area contributed by atoms with E-state index in [1.807, 2.05) is 31.2 Å². The molecular weight excluding hydrogens is 406 g/mol. The molecule has 0 radical (unpaired) electrons. The van der Waals surface area contributed by atoms with Gasteiger partial charge in [0.1, 0.15) is 0 Å². The Bertz CT molecular complexity index is 1270. The fourth-order valence-electron chi connectivity index (χ4n) is 4.32. The summed E-state index contributed by atoms with van der Waals surface area (Å²) in [5.74, 6) is -1.11. The van der Waals surface area contributed by atoms with Gasteiger partial charge in [0.2, 0.25) is 5.66 Å². The molecule has 0 aliphatic carbocycles. The Labute approximate surface area is 185 Å². The van der Waals surface area contributed by atoms with Gasteiger partial charge >= 0.3 is 5.97 Å². The van der Waals surface area contributed by atoms with Gasteiger partial charge in [0.25, 0.3) is 11.8 Å². The third-order valence-corrected chi connectivity index (χ3v) is 5.79. The third-order valence-electron chi connectivity index (χ3n) is 5.79. The molecule has 32 heavy (non-hydrogen) atoms. The average Bonchev–Trinajstić information content (AvgIpc) is 3.05. The van der Waals surface area contributed by atoms with Crippen LogP contribution in [0.5, 0.6) is 0 Å². The van der Waals surface area contributed by atoms with Crippen molar-refractivity contribution in [2.75, 3.05) is 22.1 Å². The van der Waals surface area contributed by atoms with Gasteiger partial charge < -0.3 is 15.4 Å². The van der Waals surface area contributed by atoms with Crippen LogP contribution in [0.4, 0.5) is 17.1 Å². The molecule has 2 aliphatic heterocycles. The summed E-state index contributed by atoms with van der Waals surface area (Å²) in [7, 11) is 0. The van der Waals surface area contributed by atoms with E-state index in [2.05, 4.69) is 10.6 Å². The Balaban J connectivity index is 1.71. The van der Waals surface area contributed by atoms with Gasteiger partial charge in [-0.25, -0.2) is 4.79 Å². The van der Waals surface area contributed by atoms with E-state index in [1.165, 1.54) is 4.90 Å². The van der Waals surface area contributed by atoms with Crippen molar-refractivity contribution in [2.45, 2.75) is 19.5 Å². The molecule has 5 rings (SSSR count). The van der Waals surface area contributed by atoms with Crippen LogP contribution in [-0.2, 0) is 15.2 Å². The van der Waals surface area contributed by atoms with Gasteiger partial charge in [0.15, 0.2) is 0 Å². The summed E-state index contributed by atoms with van der Waals surface area (Å²) in [6, 6.07) is 19.3. The first kappa shape index (κ1) is 19.8. The summed E-state index contributed by atoms with van der Waals surface area (Å²) in [5.41, 5.74) is 2.71. The van der Waals surface area contributed by atoms with E-state index in [0.29, 0.717) is 33.8 Å². The molecule has 7 heteroatoms. The second-order valence-electron chi connectivity index (χ2n) is 7.79. The number of carbonyl (C=O) groups is 3. The lowest BCUT2D eigenvalue weighted by molar-refractivity contribution is -0.119. The number of rotatable bonds is 3. The number of aryl methyl sites for hydroxylation is 1. The molecular formula is C25H21N3O4. The summed E-state index contributed by atoms with van der Waals surface area (Å²) >= 11 is 0. The largest absolute Gasteiger partial charge is 0.462 e. The fourth-order valence-corrected chi connectivity index (χ4v) is 4.32. The molecule has 160 valence electrons. The summed E-state index contributed by atoms with van der Waals surface area (Å²) < 4.78 is 5.05. The molecule has 0 unspecified atom stereocenters. The minimum absolute atomic E-state index is 0.269. The summed E-state index contributed by atoms with van der Waals surface area (Å²) in [5, 5.41) is 6.26. The number of hydrogen-bond donors (Lipinski definition) is 2. The molecule has 2 heterocycles. The Morgan fingerprint density at radius 3 is 2.50 bits per heavy atom. The number of nitrogens with one attached hydrogen (secondary N) is 2. The van der Waals surface area contributed by atoms with Crippen molar-refractivity contribution in [3.63, 3.8) is 0 Å². The maximum absolute atomic E-state index is 13.8. The van der Waals surface area contributed by atoms with E-state index >= 15 is 0 Å². The smallest absolute Gasteiger partial charge is 0.338 e. The maximum Gasteiger partial charge on any atom is 0.338 e. The van der Waals surface area contributed by atoms with E-state index in [-0.39, 0.29) is 18.4 Å². The highest BCUT2D eigenvalue weighted by atomic mass is 16.5. The van der Waals surface area contributed by atoms with E-state index in [1.54, 1.807) is 49.4 Å². The first-order valence-corrected chi connectivity index (χ1v) is 10.4. The number of hydrogen-bond acceptors (Lipinski definition) is 5. The number of benzene rings is 3. The molecule has 1 spiro atoms. The number of nitrogens with zero attached hydrogens (tertiary/aromatic N) is 1. The number of anilines is 3. The molecule has 0 bridgehead atoms. The molecule has 3 aromatic carbocycles. The van der Waals surface area contributed by atoms with Gasteiger partial charge in [-0.1, -0.05) is 23.8 Å². The molecule has 3 aromatic rings. The van der Waals surface area contributed by atoms with Crippen molar-refractivity contribution < 1.29 is 19.1 Å². The molecule has 2 aliphatic rings. The molecule has 0 saturated heterocycles. The molecule has 0 aromatic heterocycles. The standard InChI is InChI=1S/C25H21N3O4/c1-3-32-23(30)16-9-11-17(12-10-16)28-22(29)18-6-4-5-7-20(18)27-25(28)19-14-15(2)8-13-21(19)26-24(25)31/h4-14,27H,3H2,1-2H3,(H,26,31)/t25-/m1/s1. The van der Waals surface area contributed by atoms with Gasteiger partial charge in [-0.15, -0.1) is 0 Å². The van der Waals surface area contributed by atoms with Crippen molar-refractivity contribution in [2.24, 2.45) is 0 Å². The lowest BCUT2D eigenvalue weighted by Gasteiger charge is -2.44. The van der Waals surface area contributed by atoms with E-state index in [0.717, 1.165) is 5.56 Å². The van der Waals surface area contributed by atoms with Crippen LogP contribution in [0.15, 0.2) is 66.7 Å². The minimum atomic E-state index is -1.46. The molecule has 2 amide bonds. The summed E-state index contributed by atoms with van der Waals surface area (Å²) in [6.07, 6.45) is 0.